The van der Waals surface area contributed by atoms with Gasteiger partial charge >= 0.3 is 11.9 Å². The second-order valence-electron chi connectivity index (χ2n) is 2.83. The molecule has 0 aromatic carbocycles. The van der Waals surface area contributed by atoms with Gasteiger partial charge in [-0.05, 0) is 0 Å². The van der Waals surface area contributed by atoms with Gasteiger partial charge in [0.05, 0.1) is 13.5 Å². The van der Waals surface area contributed by atoms with Gasteiger partial charge in [0, 0.05) is 6.92 Å². The summed E-state index contributed by atoms with van der Waals surface area (Å²) in [7, 11) is 1.05. The number of hydrogen-bond donors (Lipinski definition) is 0. The van der Waals surface area contributed by atoms with Gasteiger partial charge in [-0.1, -0.05) is 11.8 Å². The number of methoxy groups -OCH3 is 1. The molecule has 0 radical (unpaired) electrons. The van der Waals surface area contributed by atoms with E-state index in [4.69, 9.17) is 0 Å². The van der Waals surface area contributed by atoms with Crippen molar-refractivity contribution in [2.75, 3.05) is 7.11 Å². The molecule has 1 aliphatic heterocycles. The summed E-state index contributed by atoms with van der Waals surface area (Å²) < 4.78 is 4.19. The quantitative estimate of drug-likeness (QED) is 0.344. The third-order valence-electron chi connectivity index (χ3n) is 1.79. The summed E-state index contributed by atoms with van der Waals surface area (Å²) in [4.78, 5) is 44.7. The van der Waals surface area contributed by atoms with Crippen molar-refractivity contribution < 1.29 is 23.9 Å². The van der Waals surface area contributed by atoms with Crippen LogP contribution in [0, 0.1) is 0 Å². The molecule has 82 valence electrons. The van der Waals surface area contributed by atoms with E-state index in [1.165, 1.54) is 6.92 Å². The Bertz CT molecular complexity index is 340. The lowest BCUT2D eigenvalue weighted by Crippen LogP contribution is -2.56. The number of nitrogens with zero attached hydrogens (tertiary/aromatic N) is 1. The van der Waals surface area contributed by atoms with Crippen LogP contribution in [0.25, 0.3) is 0 Å². The molecule has 15 heavy (non-hydrogen) atoms. The zero-order chi connectivity index (χ0) is 11.6. The molecule has 0 aromatic rings. The minimum Gasteiger partial charge on any atom is -0.462 e. The first-order chi connectivity index (χ1) is 6.97. The normalized spacial score (nSPS) is 19.5. The molecule has 7 heteroatoms. The number of likely N-dealkylation sites (tertiary alicyclic amines) is 1. The van der Waals surface area contributed by atoms with E-state index in [0.29, 0.717) is 0 Å². The molecule has 0 saturated carbocycles. The molecule has 1 fully saturated rings. The topological polar surface area (TPSA) is 80.8 Å². The van der Waals surface area contributed by atoms with E-state index in [2.05, 4.69) is 4.74 Å². The van der Waals surface area contributed by atoms with E-state index in [-0.39, 0.29) is 11.5 Å². The van der Waals surface area contributed by atoms with Crippen LogP contribution < -0.4 is 0 Å². The van der Waals surface area contributed by atoms with Crippen LogP contribution in [-0.4, -0.2) is 40.3 Å². The number of esters is 1. The number of imide groups is 1. The third-order valence-corrected chi connectivity index (χ3v) is 2.77. The van der Waals surface area contributed by atoms with Gasteiger partial charge in [-0.15, -0.1) is 0 Å². The Morgan fingerprint density at radius 3 is 2.47 bits per heavy atom. The summed E-state index contributed by atoms with van der Waals surface area (Å²) in [6.07, 6.45) is 0.0903. The van der Waals surface area contributed by atoms with E-state index in [1.807, 2.05) is 0 Å². The van der Waals surface area contributed by atoms with E-state index >= 15 is 0 Å². The Balaban J connectivity index is 2.66. The maximum Gasteiger partial charge on any atom is 0.397 e. The van der Waals surface area contributed by atoms with Crippen molar-refractivity contribution in [3.63, 3.8) is 0 Å². The molecule has 0 spiro atoms. The smallest absolute Gasteiger partial charge is 0.397 e. The number of thioether (sulfide) groups is 1. The van der Waals surface area contributed by atoms with Gasteiger partial charge in [-0.2, -0.15) is 0 Å². The number of rotatable bonds is 1. The fourth-order valence-electron chi connectivity index (χ4n) is 1.10. The van der Waals surface area contributed by atoms with Gasteiger partial charge in [-0.3, -0.25) is 19.3 Å². The van der Waals surface area contributed by atoms with Crippen molar-refractivity contribution in [3.8, 4) is 0 Å². The Kier molecular flexibility index (Phi) is 3.46. The second kappa shape index (κ2) is 4.43. The number of hydrogen-bond acceptors (Lipinski definition) is 6. The number of carbonyl (C=O) groups excluding carboxylic acids is 4. The summed E-state index contributed by atoms with van der Waals surface area (Å²) in [6, 6.07) is 0. The maximum atomic E-state index is 11.3. The van der Waals surface area contributed by atoms with Gasteiger partial charge in [0.2, 0.25) is 5.91 Å². The van der Waals surface area contributed by atoms with E-state index < -0.39 is 23.2 Å². The fourth-order valence-corrected chi connectivity index (χ4v) is 2.03. The standard InChI is InChI=1S/C8H9NO5S/c1-4(10)15-6-3-5(11)9(6)7(12)8(13)14-2/h6H,3H2,1-2H3/t6-/m1/s1. The van der Waals surface area contributed by atoms with Crippen LogP contribution in [0.1, 0.15) is 13.3 Å². The molecule has 1 heterocycles. The third kappa shape index (κ3) is 2.35. The lowest BCUT2D eigenvalue weighted by atomic mass is 10.2. The first kappa shape index (κ1) is 11.7. The predicted molar refractivity (Wildman–Crippen MR) is 50.5 cm³/mol. The highest BCUT2D eigenvalue weighted by Crippen LogP contribution is 2.29. The van der Waals surface area contributed by atoms with Crippen molar-refractivity contribution in [3.05, 3.63) is 0 Å². The molecule has 0 unspecified atom stereocenters. The minimum atomic E-state index is -1.10. The number of carbonyl (C=O) groups is 4. The van der Waals surface area contributed by atoms with Crippen LogP contribution >= 0.6 is 11.8 Å². The van der Waals surface area contributed by atoms with Crippen LogP contribution in [0.2, 0.25) is 0 Å². The second-order valence-corrected chi connectivity index (χ2v) is 4.18. The number of amides is 2. The van der Waals surface area contributed by atoms with E-state index in [0.717, 1.165) is 23.8 Å². The van der Waals surface area contributed by atoms with Crippen molar-refractivity contribution >= 4 is 34.7 Å². The van der Waals surface area contributed by atoms with Crippen LogP contribution in [0.4, 0.5) is 0 Å². The highest BCUT2D eigenvalue weighted by Gasteiger charge is 2.44. The molecular formula is C8H9NO5S. The Labute approximate surface area is 89.9 Å². The van der Waals surface area contributed by atoms with Crippen molar-refractivity contribution in [2.45, 2.75) is 18.7 Å². The Hall–Kier alpha value is -1.37. The molecule has 0 aromatic heterocycles. The van der Waals surface area contributed by atoms with Crippen LogP contribution in [0.15, 0.2) is 0 Å². The number of ether oxygens (including phenoxy) is 1. The molecule has 0 N–H and O–H groups in total. The van der Waals surface area contributed by atoms with Gasteiger partial charge < -0.3 is 4.74 Å². The largest absolute Gasteiger partial charge is 0.462 e. The van der Waals surface area contributed by atoms with Gasteiger partial charge in [-0.25, -0.2) is 4.79 Å². The summed E-state index contributed by atoms with van der Waals surface area (Å²) in [5, 5.41) is -0.781. The van der Waals surface area contributed by atoms with Crippen LogP contribution in [0.5, 0.6) is 0 Å². The lowest BCUT2D eigenvalue weighted by Gasteiger charge is -2.36. The highest BCUT2D eigenvalue weighted by atomic mass is 32.2. The average molecular weight is 231 g/mol. The highest BCUT2D eigenvalue weighted by molar-refractivity contribution is 8.14. The fraction of sp³-hybridized carbons (Fsp3) is 0.500. The predicted octanol–water partition coefficient (Wildman–Crippen LogP) is -0.476. The number of β-lactam (4-membered cyclic amide) rings is 1. The zero-order valence-corrected chi connectivity index (χ0v) is 9.00. The molecule has 0 bridgehead atoms. The van der Waals surface area contributed by atoms with E-state index in [9.17, 15) is 19.2 Å². The molecular weight excluding hydrogens is 222 g/mol. The Morgan fingerprint density at radius 2 is 2.07 bits per heavy atom. The van der Waals surface area contributed by atoms with Gasteiger partial charge in [0.15, 0.2) is 5.12 Å². The van der Waals surface area contributed by atoms with Crippen molar-refractivity contribution in [1.29, 1.82) is 0 Å². The van der Waals surface area contributed by atoms with Crippen molar-refractivity contribution in [1.82, 2.24) is 4.90 Å². The summed E-state index contributed by atoms with van der Waals surface area (Å²) in [6.45, 7) is 1.33. The minimum absolute atomic E-state index is 0.0903. The van der Waals surface area contributed by atoms with Gasteiger partial charge in [0.1, 0.15) is 5.37 Å². The Morgan fingerprint density at radius 1 is 1.47 bits per heavy atom. The lowest BCUT2D eigenvalue weighted by molar-refractivity contribution is -0.166. The van der Waals surface area contributed by atoms with Crippen LogP contribution in [-0.2, 0) is 23.9 Å². The summed E-state index contributed by atoms with van der Waals surface area (Å²) in [5.74, 6) is -2.59. The van der Waals surface area contributed by atoms with Crippen LogP contribution in [0.3, 0.4) is 0 Å². The SMILES string of the molecule is COC(=O)C(=O)N1C(=O)C[C@H]1SC(C)=O. The molecule has 1 atom stereocenters. The maximum absolute atomic E-state index is 11.3. The molecule has 1 aliphatic rings. The molecule has 0 aliphatic carbocycles. The van der Waals surface area contributed by atoms with Crippen molar-refractivity contribution in [2.24, 2.45) is 0 Å². The molecule has 1 rings (SSSR count). The molecule has 2 amide bonds. The molecule has 1 saturated heterocycles. The summed E-state index contributed by atoms with van der Waals surface area (Å²) in [5.41, 5.74) is 0. The first-order valence-electron chi connectivity index (χ1n) is 4.09. The van der Waals surface area contributed by atoms with Gasteiger partial charge in [0.25, 0.3) is 0 Å². The first-order valence-corrected chi connectivity index (χ1v) is 4.97. The summed E-state index contributed by atoms with van der Waals surface area (Å²) >= 11 is 0.847. The monoisotopic (exact) mass is 231 g/mol. The zero-order valence-electron chi connectivity index (χ0n) is 8.18. The van der Waals surface area contributed by atoms with E-state index in [1.54, 1.807) is 0 Å². The average Bonchev–Trinajstić information content (AvgIpc) is 2.14. The molecule has 6 nitrogen and oxygen atoms in total.